The van der Waals surface area contributed by atoms with E-state index in [4.69, 9.17) is 0 Å². The van der Waals surface area contributed by atoms with Crippen LogP contribution < -0.4 is 10.2 Å². The van der Waals surface area contributed by atoms with Crippen LogP contribution in [0.25, 0.3) is 0 Å². The summed E-state index contributed by atoms with van der Waals surface area (Å²) < 4.78 is 38.4. The SMILES string of the molecule is CNCC(C)C(=O)N1CCN(c2cccc(C(F)(F)F)c2)CC1. The summed E-state index contributed by atoms with van der Waals surface area (Å²) in [7, 11) is 1.80. The second kappa shape index (κ2) is 7.21. The number of hydrogen-bond donors (Lipinski definition) is 1. The monoisotopic (exact) mass is 329 g/mol. The zero-order valence-corrected chi connectivity index (χ0v) is 13.4. The van der Waals surface area contributed by atoms with Gasteiger partial charge in [0.15, 0.2) is 0 Å². The third-order valence-corrected chi connectivity index (χ3v) is 4.06. The van der Waals surface area contributed by atoms with Gasteiger partial charge in [-0.2, -0.15) is 13.2 Å². The van der Waals surface area contributed by atoms with Crippen LogP contribution in [0.2, 0.25) is 0 Å². The molecule has 23 heavy (non-hydrogen) atoms. The van der Waals surface area contributed by atoms with Crippen molar-refractivity contribution in [1.82, 2.24) is 10.2 Å². The molecule has 1 aromatic carbocycles. The standard InChI is InChI=1S/C16H22F3N3O/c1-12(11-20-2)15(23)22-8-6-21(7-9-22)14-5-3-4-13(10-14)16(17,18)19/h3-5,10,12,20H,6-9,11H2,1-2H3. The summed E-state index contributed by atoms with van der Waals surface area (Å²) in [4.78, 5) is 15.9. The van der Waals surface area contributed by atoms with E-state index in [-0.39, 0.29) is 11.8 Å². The number of nitrogens with zero attached hydrogens (tertiary/aromatic N) is 2. The van der Waals surface area contributed by atoms with Gasteiger partial charge in [-0.05, 0) is 25.2 Å². The number of alkyl halides is 3. The molecule has 1 fully saturated rings. The highest BCUT2D eigenvalue weighted by atomic mass is 19.4. The molecule has 1 aromatic rings. The molecule has 1 N–H and O–H groups in total. The molecule has 1 saturated heterocycles. The lowest BCUT2D eigenvalue weighted by Crippen LogP contribution is -2.51. The van der Waals surface area contributed by atoms with Gasteiger partial charge in [0.05, 0.1) is 5.56 Å². The highest BCUT2D eigenvalue weighted by molar-refractivity contribution is 5.79. The van der Waals surface area contributed by atoms with Gasteiger partial charge in [0, 0.05) is 44.3 Å². The van der Waals surface area contributed by atoms with Crippen LogP contribution in [0.3, 0.4) is 0 Å². The Kier molecular flexibility index (Phi) is 5.51. The Morgan fingerprint density at radius 3 is 2.48 bits per heavy atom. The number of benzene rings is 1. The lowest BCUT2D eigenvalue weighted by molar-refractivity contribution is -0.137. The molecule has 0 bridgehead atoms. The number of amides is 1. The summed E-state index contributed by atoms with van der Waals surface area (Å²) in [5, 5.41) is 2.98. The maximum atomic E-state index is 12.8. The number of halogens is 3. The van der Waals surface area contributed by atoms with Crippen molar-refractivity contribution in [2.24, 2.45) is 5.92 Å². The van der Waals surface area contributed by atoms with Crippen LogP contribution in [0.4, 0.5) is 18.9 Å². The van der Waals surface area contributed by atoms with Crippen molar-refractivity contribution in [2.75, 3.05) is 44.7 Å². The third kappa shape index (κ3) is 4.37. The van der Waals surface area contributed by atoms with E-state index in [0.29, 0.717) is 38.4 Å². The molecule has 1 atom stereocenters. The third-order valence-electron chi connectivity index (χ3n) is 4.06. The van der Waals surface area contributed by atoms with Gasteiger partial charge in [-0.1, -0.05) is 13.0 Å². The zero-order chi connectivity index (χ0) is 17.0. The molecule has 0 saturated carbocycles. The summed E-state index contributed by atoms with van der Waals surface area (Å²) in [6.07, 6.45) is -4.34. The molecule has 7 heteroatoms. The van der Waals surface area contributed by atoms with Crippen LogP contribution in [0, 0.1) is 5.92 Å². The van der Waals surface area contributed by atoms with Gasteiger partial charge in [-0.3, -0.25) is 4.79 Å². The maximum absolute atomic E-state index is 12.8. The van der Waals surface area contributed by atoms with Crippen molar-refractivity contribution < 1.29 is 18.0 Å². The lowest BCUT2D eigenvalue weighted by atomic mass is 10.1. The van der Waals surface area contributed by atoms with E-state index in [1.54, 1.807) is 18.0 Å². The number of piperazine rings is 1. The minimum atomic E-state index is -4.34. The molecule has 128 valence electrons. The summed E-state index contributed by atoms with van der Waals surface area (Å²) in [6.45, 7) is 4.63. The van der Waals surface area contributed by atoms with Gasteiger partial charge in [-0.15, -0.1) is 0 Å². The fourth-order valence-electron chi connectivity index (χ4n) is 2.77. The van der Waals surface area contributed by atoms with E-state index >= 15 is 0 Å². The quantitative estimate of drug-likeness (QED) is 0.920. The largest absolute Gasteiger partial charge is 0.416 e. The van der Waals surface area contributed by atoms with E-state index in [2.05, 4.69) is 5.32 Å². The van der Waals surface area contributed by atoms with Gasteiger partial charge >= 0.3 is 6.18 Å². The van der Waals surface area contributed by atoms with Crippen LogP contribution in [0.1, 0.15) is 12.5 Å². The normalized spacial score (nSPS) is 17.3. The van der Waals surface area contributed by atoms with E-state index in [0.717, 1.165) is 6.07 Å². The van der Waals surface area contributed by atoms with Gasteiger partial charge in [-0.25, -0.2) is 0 Å². The Morgan fingerprint density at radius 1 is 1.26 bits per heavy atom. The summed E-state index contributed by atoms with van der Waals surface area (Å²) in [5.74, 6) is -0.0110. The Labute approximate surface area is 134 Å². The van der Waals surface area contributed by atoms with Crippen LogP contribution in [0.5, 0.6) is 0 Å². The molecule has 1 amide bonds. The Hall–Kier alpha value is -1.76. The van der Waals surface area contributed by atoms with Gasteiger partial charge < -0.3 is 15.1 Å². The topological polar surface area (TPSA) is 35.6 Å². The smallest absolute Gasteiger partial charge is 0.368 e. The maximum Gasteiger partial charge on any atom is 0.416 e. The second-order valence-corrected chi connectivity index (χ2v) is 5.82. The van der Waals surface area contributed by atoms with E-state index in [9.17, 15) is 18.0 Å². The van der Waals surface area contributed by atoms with Crippen molar-refractivity contribution in [3.63, 3.8) is 0 Å². The molecule has 1 heterocycles. The predicted octanol–water partition coefficient (Wildman–Crippen LogP) is 2.21. The molecule has 0 aromatic heterocycles. The van der Waals surface area contributed by atoms with Gasteiger partial charge in [0.25, 0.3) is 0 Å². The summed E-state index contributed by atoms with van der Waals surface area (Å²) in [6, 6.07) is 5.34. The molecular formula is C16H22F3N3O. The molecule has 4 nitrogen and oxygen atoms in total. The lowest BCUT2D eigenvalue weighted by Gasteiger charge is -2.37. The first-order valence-corrected chi connectivity index (χ1v) is 7.68. The van der Waals surface area contributed by atoms with Gasteiger partial charge in [0.1, 0.15) is 0 Å². The van der Waals surface area contributed by atoms with Gasteiger partial charge in [0.2, 0.25) is 5.91 Å². The van der Waals surface area contributed by atoms with Crippen LogP contribution in [0.15, 0.2) is 24.3 Å². The fraction of sp³-hybridized carbons (Fsp3) is 0.562. The first-order chi connectivity index (χ1) is 10.8. The average molecular weight is 329 g/mol. The number of carbonyl (C=O) groups excluding carboxylic acids is 1. The Bertz CT molecular complexity index is 540. The molecule has 0 radical (unpaired) electrons. The number of rotatable bonds is 4. The van der Waals surface area contributed by atoms with Crippen molar-refractivity contribution in [3.05, 3.63) is 29.8 Å². The first kappa shape index (κ1) is 17.6. The molecule has 1 aliphatic heterocycles. The highest BCUT2D eigenvalue weighted by Gasteiger charge is 2.31. The number of nitrogens with one attached hydrogen (secondary N) is 1. The van der Waals surface area contributed by atoms with E-state index in [1.165, 1.54) is 12.1 Å². The molecule has 1 unspecified atom stereocenters. The summed E-state index contributed by atoms with van der Waals surface area (Å²) >= 11 is 0. The molecular weight excluding hydrogens is 307 g/mol. The number of anilines is 1. The predicted molar refractivity (Wildman–Crippen MR) is 83.3 cm³/mol. The summed E-state index contributed by atoms with van der Waals surface area (Å²) in [5.41, 5.74) is -0.0913. The molecule has 0 spiro atoms. The average Bonchev–Trinajstić information content (AvgIpc) is 2.54. The van der Waals surface area contributed by atoms with Crippen molar-refractivity contribution >= 4 is 11.6 Å². The van der Waals surface area contributed by atoms with E-state index in [1.807, 2.05) is 11.8 Å². The van der Waals surface area contributed by atoms with Crippen LogP contribution in [-0.4, -0.2) is 50.6 Å². The molecule has 0 aliphatic carbocycles. The van der Waals surface area contributed by atoms with E-state index < -0.39 is 11.7 Å². The Balaban J connectivity index is 1.98. The first-order valence-electron chi connectivity index (χ1n) is 7.68. The van der Waals surface area contributed by atoms with Crippen molar-refractivity contribution in [2.45, 2.75) is 13.1 Å². The fourth-order valence-corrected chi connectivity index (χ4v) is 2.77. The minimum Gasteiger partial charge on any atom is -0.368 e. The number of carbonyl (C=O) groups is 1. The molecule has 2 rings (SSSR count). The van der Waals surface area contributed by atoms with Crippen LogP contribution >= 0.6 is 0 Å². The highest BCUT2D eigenvalue weighted by Crippen LogP contribution is 2.31. The second-order valence-electron chi connectivity index (χ2n) is 5.82. The van der Waals surface area contributed by atoms with Crippen LogP contribution in [-0.2, 0) is 11.0 Å². The Morgan fingerprint density at radius 2 is 1.91 bits per heavy atom. The van der Waals surface area contributed by atoms with Crippen molar-refractivity contribution in [1.29, 1.82) is 0 Å². The minimum absolute atomic E-state index is 0.0862. The number of hydrogen-bond acceptors (Lipinski definition) is 3. The zero-order valence-electron chi connectivity index (χ0n) is 13.4. The molecule has 1 aliphatic rings. The van der Waals surface area contributed by atoms with Crippen molar-refractivity contribution in [3.8, 4) is 0 Å².